The van der Waals surface area contributed by atoms with Gasteiger partial charge in [0, 0.05) is 49.0 Å². The maximum absolute atomic E-state index is 13.9. The Hall–Kier alpha value is -1.92. The molecule has 0 atom stereocenters. The van der Waals surface area contributed by atoms with E-state index in [0.29, 0.717) is 54.9 Å². The number of aromatic amines is 1. The van der Waals surface area contributed by atoms with Crippen LogP contribution in [0.25, 0.3) is 0 Å². The largest absolute Gasteiger partial charge is 0.335 e. The highest BCUT2D eigenvalue weighted by molar-refractivity contribution is 6.31. The first-order valence-electron chi connectivity index (χ1n) is 8.93. The molecule has 3 rings (SSSR count). The smallest absolute Gasteiger partial charge is 0.274 e. The van der Waals surface area contributed by atoms with Crippen LogP contribution in [0, 0.1) is 11.7 Å². The Labute approximate surface area is 158 Å². The molecule has 2 aromatic rings. The second-order valence-corrected chi connectivity index (χ2v) is 7.55. The van der Waals surface area contributed by atoms with Gasteiger partial charge in [-0.1, -0.05) is 31.5 Å². The van der Waals surface area contributed by atoms with Gasteiger partial charge in [-0.15, -0.1) is 0 Å². The molecule has 1 aromatic heterocycles. The van der Waals surface area contributed by atoms with E-state index in [0.717, 1.165) is 12.1 Å². The minimum atomic E-state index is -0.287. The van der Waals surface area contributed by atoms with Crippen LogP contribution in [0.4, 0.5) is 4.39 Å². The monoisotopic (exact) mass is 378 g/mol. The molecule has 1 fully saturated rings. The van der Waals surface area contributed by atoms with Crippen LogP contribution < -0.4 is 0 Å². The normalized spacial score (nSPS) is 15.7. The first-order valence-corrected chi connectivity index (χ1v) is 9.30. The molecule has 0 saturated carbocycles. The van der Waals surface area contributed by atoms with Gasteiger partial charge in [0.15, 0.2) is 0 Å². The third-order valence-electron chi connectivity index (χ3n) is 4.58. The third kappa shape index (κ3) is 4.43. The number of benzene rings is 1. The van der Waals surface area contributed by atoms with E-state index in [-0.39, 0.29) is 11.7 Å². The number of piperazine rings is 1. The zero-order valence-corrected chi connectivity index (χ0v) is 15.9. The lowest BCUT2D eigenvalue weighted by atomic mass is 10.1. The van der Waals surface area contributed by atoms with Crippen molar-refractivity contribution >= 4 is 17.5 Å². The van der Waals surface area contributed by atoms with Gasteiger partial charge in [0.25, 0.3) is 5.91 Å². The van der Waals surface area contributed by atoms with Crippen LogP contribution in [-0.4, -0.2) is 52.1 Å². The van der Waals surface area contributed by atoms with E-state index in [1.165, 1.54) is 6.07 Å². The van der Waals surface area contributed by atoms with Crippen LogP contribution >= 0.6 is 11.6 Å². The summed E-state index contributed by atoms with van der Waals surface area (Å²) < 4.78 is 13.9. The van der Waals surface area contributed by atoms with Gasteiger partial charge < -0.3 is 4.90 Å². The number of rotatable bonds is 5. The van der Waals surface area contributed by atoms with Crippen LogP contribution in [0.1, 0.15) is 35.6 Å². The number of hydrogen-bond donors (Lipinski definition) is 1. The van der Waals surface area contributed by atoms with E-state index in [1.807, 2.05) is 6.07 Å². The number of H-pyrrole nitrogens is 1. The summed E-state index contributed by atoms with van der Waals surface area (Å²) in [6.07, 6.45) is 0.872. The summed E-state index contributed by atoms with van der Waals surface area (Å²) in [5.74, 6) is 0.164. The third-order valence-corrected chi connectivity index (χ3v) is 4.94. The Morgan fingerprint density at radius 1 is 1.31 bits per heavy atom. The Balaban J connectivity index is 1.56. The van der Waals surface area contributed by atoms with Crippen molar-refractivity contribution in [3.05, 3.63) is 52.1 Å². The predicted molar refractivity (Wildman–Crippen MR) is 99.7 cm³/mol. The Kier molecular flexibility index (Phi) is 5.94. The number of amides is 1. The number of halogens is 2. The summed E-state index contributed by atoms with van der Waals surface area (Å²) in [4.78, 5) is 16.5. The molecule has 0 aliphatic carbocycles. The Morgan fingerprint density at radius 2 is 2.04 bits per heavy atom. The molecule has 1 aliphatic rings. The van der Waals surface area contributed by atoms with Gasteiger partial charge in [-0.2, -0.15) is 5.10 Å². The lowest BCUT2D eigenvalue weighted by molar-refractivity contribution is 0.0621. The molecule has 26 heavy (non-hydrogen) atoms. The highest BCUT2D eigenvalue weighted by Gasteiger charge is 2.24. The molecule has 0 unspecified atom stereocenters. The minimum Gasteiger partial charge on any atom is -0.335 e. The number of aromatic nitrogens is 2. The van der Waals surface area contributed by atoms with Crippen molar-refractivity contribution in [1.29, 1.82) is 0 Å². The van der Waals surface area contributed by atoms with Gasteiger partial charge in [0.1, 0.15) is 11.5 Å². The molecule has 1 aliphatic heterocycles. The van der Waals surface area contributed by atoms with Crippen LogP contribution in [0.3, 0.4) is 0 Å². The second kappa shape index (κ2) is 8.18. The summed E-state index contributed by atoms with van der Waals surface area (Å²) in [6.45, 7) is 7.26. The second-order valence-electron chi connectivity index (χ2n) is 7.14. The SMILES string of the molecule is CC(C)Cc1cc(C(=O)N2CCN(Cc3c(F)cccc3Cl)CC2)n[nH]1. The van der Waals surface area contributed by atoms with Crippen molar-refractivity contribution in [1.82, 2.24) is 20.0 Å². The molecule has 0 radical (unpaired) electrons. The van der Waals surface area contributed by atoms with Crippen molar-refractivity contribution < 1.29 is 9.18 Å². The molecule has 0 spiro atoms. The average Bonchev–Trinajstić information content (AvgIpc) is 3.06. The van der Waals surface area contributed by atoms with E-state index in [1.54, 1.807) is 17.0 Å². The summed E-state index contributed by atoms with van der Waals surface area (Å²) in [6, 6.07) is 6.57. The minimum absolute atomic E-state index is 0.0557. The Bertz CT molecular complexity index is 748. The molecule has 1 amide bonds. The molecular weight excluding hydrogens is 355 g/mol. The molecule has 1 aromatic carbocycles. The Morgan fingerprint density at radius 3 is 2.69 bits per heavy atom. The summed E-state index contributed by atoms with van der Waals surface area (Å²) >= 11 is 6.10. The molecule has 1 saturated heterocycles. The van der Waals surface area contributed by atoms with E-state index < -0.39 is 0 Å². The highest BCUT2D eigenvalue weighted by Crippen LogP contribution is 2.21. The summed E-state index contributed by atoms with van der Waals surface area (Å²) in [5, 5.41) is 7.55. The van der Waals surface area contributed by atoms with E-state index in [2.05, 4.69) is 28.9 Å². The maximum atomic E-state index is 13.9. The fourth-order valence-corrected chi connectivity index (χ4v) is 3.42. The molecule has 7 heteroatoms. The number of carbonyl (C=O) groups excluding carboxylic acids is 1. The zero-order valence-electron chi connectivity index (χ0n) is 15.1. The van der Waals surface area contributed by atoms with Gasteiger partial charge in [0.2, 0.25) is 0 Å². The van der Waals surface area contributed by atoms with Crippen molar-refractivity contribution in [3.8, 4) is 0 Å². The lowest BCUT2D eigenvalue weighted by Crippen LogP contribution is -2.48. The molecule has 0 bridgehead atoms. The van der Waals surface area contributed by atoms with Gasteiger partial charge >= 0.3 is 0 Å². The molecule has 5 nitrogen and oxygen atoms in total. The fourth-order valence-electron chi connectivity index (χ4n) is 3.19. The van der Waals surface area contributed by atoms with Gasteiger partial charge in [0.05, 0.1) is 0 Å². The lowest BCUT2D eigenvalue weighted by Gasteiger charge is -2.34. The topological polar surface area (TPSA) is 52.2 Å². The number of hydrogen-bond acceptors (Lipinski definition) is 3. The van der Waals surface area contributed by atoms with E-state index in [9.17, 15) is 9.18 Å². The van der Waals surface area contributed by atoms with Crippen LogP contribution in [0.15, 0.2) is 24.3 Å². The van der Waals surface area contributed by atoms with Crippen molar-refractivity contribution in [2.45, 2.75) is 26.8 Å². The zero-order chi connectivity index (χ0) is 18.7. The maximum Gasteiger partial charge on any atom is 0.274 e. The van der Waals surface area contributed by atoms with Gasteiger partial charge in [-0.3, -0.25) is 14.8 Å². The predicted octanol–water partition coefficient (Wildman–Crippen LogP) is 3.36. The number of carbonyl (C=O) groups is 1. The fraction of sp³-hybridized carbons (Fsp3) is 0.474. The molecule has 140 valence electrons. The summed E-state index contributed by atoms with van der Waals surface area (Å²) in [5.41, 5.74) is 1.96. The average molecular weight is 379 g/mol. The molecular formula is C19H24ClFN4O. The quantitative estimate of drug-likeness (QED) is 0.868. The van der Waals surface area contributed by atoms with E-state index >= 15 is 0 Å². The van der Waals surface area contributed by atoms with Crippen molar-refractivity contribution in [2.24, 2.45) is 5.92 Å². The van der Waals surface area contributed by atoms with Crippen molar-refractivity contribution in [3.63, 3.8) is 0 Å². The van der Waals surface area contributed by atoms with Crippen LogP contribution in [-0.2, 0) is 13.0 Å². The molecule has 1 N–H and O–H groups in total. The number of nitrogens with zero attached hydrogens (tertiary/aromatic N) is 3. The van der Waals surface area contributed by atoms with Crippen LogP contribution in [0.5, 0.6) is 0 Å². The number of nitrogens with one attached hydrogen (secondary N) is 1. The first-order chi connectivity index (χ1) is 12.4. The first kappa shape index (κ1) is 18.9. The van der Waals surface area contributed by atoms with Crippen LogP contribution in [0.2, 0.25) is 5.02 Å². The van der Waals surface area contributed by atoms with E-state index in [4.69, 9.17) is 11.6 Å². The summed E-state index contributed by atoms with van der Waals surface area (Å²) in [7, 11) is 0. The van der Waals surface area contributed by atoms with Crippen molar-refractivity contribution in [2.75, 3.05) is 26.2 Å². The van der Waals surface area contributed by atoms with Gasteiger partial charge in [-0.05, 0) is 30.5 Å². The standard InChI is InChI=1S/C19H24ClFN4O/c1-13(2)10-14-11-18(23-22-14)19(26)25-8-6-24(7-9-25)12-15-16(20)4-3-5-17(15)21/h3-5,11,13H,6-10,12H2,1-2H3,(H,22,23). The highest BCUT2D eigenvalue weighted by atomic mass is 35.5. The molecule has 2 heterocycles. The van der Waals surface area contributed by atoms with Gasteiger partial charge in [-0.25, -0.2) is 4.39 Å².